The van der Waals surface area contributed by atoms with Gasteiger partial charge in [0.2, 0.25) is 0 Å². The van der Waals surface area contributed by atoms with E-state index in [4.69, 9.17) is 14.2 Å². The van der Waals surface area contributed by atoms with E-state index in [9.17, 15) is 9.90 Å². The number of ether oxygens (including phenoxy) is 3. The Balaban J connectivity index is 1.63. The van der Waals surface area contributed by atoms with Crippen LogP contribution in [0.25, 0.3) is 10.8 Å². The van der Waals surface area contributed by atoms with Crippen LogP contribution in [0.3, 0.4) is 0 Å². The van der Waals surface area contributed by atoms with Gasteiger partial charge in [-0.15, -0.1) is 0 Å². The molecule has 0 bridgehead atoms. The zero-order valence-electron chi connectivity index (χ0n) is 13.7. The van der Waals surface area contributed by atoms with Crippen molar-refractivity contribution in [2.45, 2.75) is 13.0 Å². The molecule has 128 valence electrons. The maximum atomic E-state index is 11.2. The van der Waals surface area contributed by atoms with E-state index in [2.05, 4.69) is 6.58 Å². The molecule has 0 aliphatic rings. The molecule has 0 heterocycles. The van der Waals surface area contributed by atoms with E-state index in [1.54, 1.807) is 6.92 Å². The molecule has 2 aromatic carbocycles. The predicted octanol–water partition coefficient (Wildman–Crippen LogP) is 2.72. The number of aliphatic hydroxyl groups is 1. The van der Waals surface area contributed by atoms with Crippen LogP contribution in [0.4, 0.5) is 0 Å². The Kier molecular flexibility index (Phi) is 6.78. The molecule has 2 rings (SSSR count). The van der Waals surface area contributed by atoms with Gasteiger partial charge < -0.3 is 19.3 Å². The molecule has 24 heavy (non-hydrogen) atoms. The van der Waals surface area contributed by atoms with Crippen LogP contribution in [-0.4, -0.2) is 43.6 Å². The summed E-state index contributed by atoms with van der Waals surface area (Å²) in [5.41, 5.74) is 0.298. The van der Waals surface area contributed by atoms with Crippen molar-refractivity contribution in [3.63, 3.8) is 0 Å². The minimum atomic E-state index is -0.867. The zero-order valence-corrected chi connectivity index (χ0v) is 13.7. The predicted molar refractivity (Wildman–Crippen MR) is 92.0 cm³/mol. The largest absolute Gasteiger partial charge is 0.491 e. The lowest BCUT2D eigenvalue weighted by atomic mass is 10.1. The average molecular weight is 330 g/mol. The molecule has 0 aromatic heterocycles. The van der Waals surface area contributed by atoms with Gasteiger partial charge in [0.25, 0.3) is 0 Å². The number of hydrogen-bond acceptors (Lipinski definition) is 5. The van der Waals surface area contributed by atoms with Gasteiger partial charge in [-0.3, -0.25) is 0 Å². The topological polar surface area (TPSA) is 65.0 Å². The maximum absolute atomic E-state index is 11.2. The van der Waals surface area contributed by atoms with Gasteiger partial charge in [-0.25, -0.2) is 4.79 Å². The Morgan fingerprint density at radius 2 is 1.88 bits per heavy atom. The van der Waals surface area contributed by atoms with Crippen LogP contribution in [0, 0.1) is 0 Å². The fourth-order valence-electron chi connectivity index (χ4n) is 2.04. The summed E-state index contributed by atoms with van der Waals surface area (Å²) in [4.78, 5) is 11.2. The lowest BCUT2D eigenvalue weighted by Gasteiger charge is -2.12. The third-order valence-corrected chi connectivity index (χ3v) is 3.28. The van der Waals surface area contributed by atoms with Gasteiger partial charge in [0.15, 0.2) is 0 Å². The number of benzene rings is 2. The van der Waals surface area contributed by atoms with Crippen LogP contribution in [0.5, 0.6) is 5.75 Å². The van der Waals surface area contributed by atoms with Crippen molar-refractivity contribution in [3.8, 4) is 5.75 Å². The Morgan fingerprint density at radius 3 is 2.62 bits per heavy atom. The highest BCUT2D eigenvalue weighted by molar-refractivity contribution is 5.87. The molecule has 5 heteroatoms. The number of esters is 1. The number of aliphatic hydroxyl groups excluding tert-OH is 1. The van der Waals surface area contributed by atoms with E-state index in [0.717, 1.165) is 16.5 Å². The molecule has 0 fully saturated rings. The maximum Gasteiger partial charge on any atom is 0.333 e. The van der Waals surface area contributed by atoms with Crippen LogP contribution in [0.2, 0.25) is 0 Å². The Morgan fingerprint density at radius 1 is 1.12 bits per heavy atom. The summed E-state index contributed by atoms with van der Waals surface area (Å²) in [6.07, 6.45) is -0.867. The average Bonchev–Trinajstić information content (AvgIpc) is 2.59. The first-order valence-corrected chi connectivity index (χ1v) is 7.76. The Bertz CT molecular complexity index is 695. The van der Waals surface area contributed by atoms with Gasteiger partial charge in [-0.05, 0) is 29.8 Å². The Labute approximate surface area is 141 Å². The summed E-state index contributed by atoms with van der Waals surface area (Å²) in [6.45, 7) is 5.68. The smallest absolute Gasteiger partial charge is 0.333 e. The van der Waals surface area contributed by atoms with Crippen LogP contribution >= 0.6 is 0 Å². The van der Waals surface area contributed by atoms with Gasteiger partial charge in [0.05, 0.1) is 13.2 Å². The molecule has 5 nitrogen and oxygen atoms in total. The van der Waals surface area contributed by atoms with Crippen molar-refractivity contribution >= 4 is 16.7 Å². The number of carbonyl (C=O) groups is 1. The fraction of sp³-hybridized carbons (Fsp3) is 0.316. The van der Waals surface area contributed by atoms with E-state index in [-0.39, 0.29) is 13.2 Å². The highest BCUT2D eigenvalue weighted by Gasteiger charge is 2.09. The summed E-state index contributed by atoms with van der Waals surface area (Å²) in [5, 5.41) is 11.9. The van der Waals surface area contributed by atoms with Crippen molar-refractivity contribution < 1.29 is 24.1 Å². The molecule has 0 radical (unpaired) electrons. The van der Waals surface area contributed by atoms with E-state index in [0.29, 0.717) is 18.8 Å². The second kappa shape index (κ2) is 9.05. The van der Waals surface area contributed by atoms with Crippen LogP contribution in [0.15, 0.2) is 54.6 Å². The molecule has 2 aromatic rings. The van der Waals surface area contributed by atoms with E-state index in [1.165, 1.54) is 0 Å². The summed E-state index contributed by atoms with van der Waals surface area (Å²) in [6, 6.07) is 13.9. The first kappa shape index (κ1) is 18.0. The zero-order chi connectivity index (χ0) is 17.4. The second-order valence-electron chi connectivity index (χ2n) is 5.46. The van der Waals surface area contributed by atoms with Gasteiger partial charge in [-0.2, -0.15) is 0 Å². The first-order valence-electron chi connectivity index (χ1n) is 7.76. The molecule has 1 N–H and O–H groups in total. The minimum absolute atomic E-state index is 0.0740. The highest BCUT2D eigenvalue weighted by Crippen LogP contribution is 2.20. The summed E-state index contributed by atoms with van der Waals surface area (Å²) < 4.78 is 15.8. The third kappa shape index (κ3) is 5.68. The molecular weight excluding hydrogens is 308 g/mol. The van der Waals surface area contributed by atoms with Gasteiger partial charge >= 0.3 is 5.97 Å². The van der Waals surface area contributed by atoms with E-state index < -0.39 is 12.1 Å². The summed E-state index contributed by atoms with van der Waals surface area (Å²) in [7, 11) is 0. The summed E-state index contributed by atoms with van der Waals surface area (Å²) in [5.74, 6) is 0.252. The highest BCUT2D eigenvalue weighted by atomic mass is 16.6. The SMILES string of the molecule is C=C(C)C(=O)OCC(O)COCCOc1ccc2ccccc2c1. The molecule has 1 unspecified atom stereocenters. The Hall–Kier alpha value is -2.37. The van der Waals surface area contributed by atoms with Crippen LogP contribution in [0.1, 0.15) is 6.92 Å². The number of hydrogen-bond donors (Lipinski definition) is 1. The lowest BCUT2D eigenvalue weighted by Crippen LogP contribution is -2.25. The summed E-state index contributed by atoms with van der Waals surface area (Å²) >= 11 is 0. The molecule has 0 saturated carbocycles. The second-order valence-corrected chi connectivity index (χ2v) is 5.46. The van der Waals surface area contributed by atoms with E-state index >= 15 is 0 Å². The number of carbonyl (C=O) groups excluding carboxylic acids is 1. The number of fused-ring (bicyclic) bond motifs is 1. The van der Waals surface area contributed by atoms with Gasteiger partial charge in [0.1, 0.15) is 25.1 Å². The van der Waals surface area contributed by atoms with Crippen LogP contribution in [-0.2, 0) is 14.3 Å². The van der Waals surface area contributed by atoms with Crippen molar-refractivity contribution in [3.05, 3.63) is 54.6 Å². The molecular formula is C19H22O5. The van der Waals surface area contributed by atoms with Gasteiger partial charge in [-0.1, -0.05) is 36.9 Å². The molecule has 0 saturated heterocycles. The van der Waals surface area contributed by atoms with Crippen molar-refractivity contribution in [2.24, 2.45) is 0 Å². The fourth-order valence-corrected chi connectivity index (χ4v) is 2.04. The molecule has 0 amide bonds. The molecule has 1 atom stereocenters. The van der Waals surface area contributed by atoms with Crippen molar-refractivity contribution in [1.82, 2.24) is 0 Å². The molecule has 0 spiro atoms. The standard InChI is InChI=1S/C19H22O5/c1-14(2)19(21)24-13-17(20)12-22-9-10-23-18-8-7-15-5-3-4-6-16(15)11-18/h3-8,11,17,20H,1,9-10,12-13H2,2H3. The monoisotopic (exact) mass is 330 g/mol. The van der Waals surface area contributed by atoms with E-state index in [1.807, 2.05) is 42.5 Å². The first-order chi connectivity index (χ1) is 11.6. The number of rotatable bonds is 9. The molecule has 0 aliphatic carbocycles. The van der Waals surface area contributed by atoms with Crippen LogP contribution < -0.4 is 4.74 Å². The molecule has 0 aliphatic heterocycles. The quantitative estimate of drug-likeness (QED) is 0.435. The van der Waals surface area contributed by atoms with Crippen molar-refractivity contribution in [2.75, 3.05) is 26.4 Å². The lowest BCUT2D eigenvalue weighted by molar-refractivity contribution is -0.143. The normalized spacial score (nSPS) is 11.9. The van der Waals surface area contributed by atoms with Gasteiger partial charge in [0, 0.05) is 5.57 Å². The van der Waals surface area contributed by atoms with Crippen molar-refractivity contribution in [1.29, 1.82) is 0 Å². The third-order valence-electron chi connectivity index (χ3n) is 3.28. The minimum Gasteiger partial charge on any atom is -0.491 e.